The van der Waals surface area contributed by atoms with E-state index in [1.54, 1.807) is 6.92 Å². The van der Waals surface area contributed by atoms with Gasteiger partial charge in [0, 0.05) is 5.69 Å². The van der Waals surface area contributed by atoms with Crippen LogP contribution >= 0.6 is 0 Å². The quantitative estimate of drug-likeness (QED) is 0.821. The fraction of sp³-hybridized carbons (Fsp3) is 0.167. The van der Waals surface area contributed by atoms with Gasteiger partial charge in [-0.1, -0.05) is 18.2 Å². The van der Waals surface area contributed by atoms with E-state index < -0.39 is 0 Å². The van der Waals surface area contributed by atoms with Gasteiger partial charge in [0.2, 0.25) is 0 Å². The number of carbonyl (C=O) groups is 1. The van der Waals surface area contributed by atoms with Gasteiger partial charge < -0.3 is 10.1 Å². The molecule has 0 spiro atoms. The Hall–Kier alpha value is -2.10. The molecule has 1 aromatic carbocycles. The van der Waals surface area contributed by atoms with Crippen LogP contribution in [0.25, 0.3) is 0 Å². The monoisotopic (exact) mass is 216 g/mol. The highest BCUT2D eigenvalue weighted by Gasteiger charge is 2.20. The second kappa shape index (κ2) is 4.61. The lowest BCUT2D eigenvalue weighted by molar-refractivity contribution is -0.110. The van der Waals surface area contributed by atoms with E-state index in [9.17, 15) is 4.79 Å². The van der Waals surface area contributed by atoms with Crippen LogP contribution in [0.3, 0.4) is 0 Å². The molecule has 0 radical (unpaired) electrons. The Balaban J connectivity index is 2.09. The van der Waals surface area contributed by atoms with Crippen LogP contribution in [0.4, 0.5) is 5.69 Å². The number of benzene rings is 1. The summed E-state index contributed by atoms with van der Waals surface area (Å²) in [6.07, 6.45) is 2.64. The zero-order valence-electron chi connectivity index (χ0n) is 8.88. The molecule has 4 heteroatoms. The number of amides is 1. The lowest BCUT2D eigenvalue weighted by atomic mass is 10.2. The van der Waals surface area contributed by atoms with Gasteiger partial charge in [-0.3, -0.25) is 4.79 Å². The fourth-order valence-corrected chi connectivity index (χ4v) is 1.39. The summed E-state index contributed by atoms with van der Waals surface area (Å²) in [6.45, 7) is 1.78. The number of nitrogens with zero attached hydrogens (tertiary/aromatic N) is 1. The number of carbonyl (C=O) groups excluding carboxylic acids is 1. The molecular weight excluding hydrogens is 204 g/mol. The molecule has 1 aromatic rings. The predicted octanol–water partition coefficient (Wildman–Crippen LogP) is 1.96. The van der Waals surface area contributed by atoms with E-state index in [-0.39, 0.29) is 12.0 Å². The Labute approximate surface area is 93.6 Å². The number of aliphatic imine (C=N–C) groups is 1. The smallest absolute Gasteiger partial charge is 0.273 e. The first-order valence-corrected chi connectivity index (χ1v) is 5.02. The second-order valence-electron chi connectivity index (χ2n) is 3.40. The van der Waals surface area contributed by atoms with Crippen molar-refractivity contribution >= 4 is 17.3 Å². The zero-order valence-corrected chi connectivity index (χ0v) is 8.88. The Morgan fingerprint density at radius 3 is 2.81 bits per heavy atom. The molecule has 1 amide bonds. The van der Waals surface area contributed by atoms with E-state index >= 15 is 0 Å². The van der Waals surface area contributed by atoms with Gasteiger partial charge in [0.15, 0.2) is 0 Å². The Morgan fingerprint density at radius 2 is 2.12 bits per heavy atom. The molecule has 1 aliphatic rings. The third kappa shape index (κ3) is 2.28. The number of hydrogen-bond acceptors (Lipinski definition) is 3. The summed E-state index contributed by atoms with van der Waals surface area (Å²) in [5, 5.41) is 2.76. The number of rotatable bonds is 2. The third-order valence-electron chi connectivity index (χ3n) is 2.21. The molecule has 1 atom stereocenters. The highest BCUT2D eigenvalue weighted by atomic mass is 16.5. The summed E-state index contributed by atoms with van der Waals surface area (Å²) in [7, 11) is 0. The molecule has 4 nitrogen and oxygen atoms in total. The average molecular weight is 216 g/mol. The first kappa shape index (κ1) is 10.4. The molecule has 1 aliphatic heterocycles. The van der Waals surface area contributed by atoms with Crippen molar-refractivity contribution in [1.29, 1.82) is 0 Å². The van der Waals surface area contributed by atoms with E-state index in [0.29, 0.717) is 5.71 Å². The molecule has 0 bridgehead atoms. The number of hydrogen-bond donors (Lipinski definition) is 1. The highest BCUT2D eigenvalue weighted by molar-refractivity contribution is 6.44. The van der Waals surface area contributed by atoms with Gasteiger partial charge in [0.1, 0.15) is 18.1 Å². The standard InChI is InChI=1S/C12H12N2O2/c1-9-11(13-7-8-16-9)12(15)14-10-5-3-2-4-6-10/h2-9H,1H3,(H,14,15). The molecule has 1 N–H and O–H groups in total. The molecular formula is C12H12N2O2. The van der Waals surface area contributed by atoms with E-state index in [2.05, 4.69) is 10.3 Å². The summed E-state index contributed by atoms with van der Waals surface area (Å²) in [4.78, 5) is 15.8. The van der Waals surface area contributed by atoms with Gasteiger partial charge in [0.05, 0.1) is 6.20 Å². The topological polar surface area (TPSA) is 50.7 Å². The zero-order chi connectivity index (χ0) is 11.4. The van der Waals surface area contributed by atoms with Crippen LogP contribution in [0.1, 0.15) is 6.92 Å². The van der Waals surface area contributed by atoms with Gasteiger partial charge in [-0.15, -0.1) is 0 Å². The molecule has 0 saturated carbocycles. The van der Waals surface area contributed by atoms with Gasteiger partial charge >= 0.3 is 0 Å². The Bertz CT molecular complexity index is 438. The minimum Gasteiger partial charge on any atom is -0.490 e. The normalized spacial score (nSPS) is 18.6. The van der Waals surface area contributed by atoms with Crippen molar-refractivity contribution in [3.8, 4) is 0 Å². The van der Waals surface area contributed by atoms with Gasteiger partial charge in [-0.05, 0) is 19.1 Å². The van der Waals surface area contributed by atoms with Crippen molar-refractivity contribution in [3.05, 3.63) is 42.8 Å². The summed E-state index contributed by atoms with van der Waals surface area (Å²) in [6, 6.07) is 9.25. The number of ether oxygens (including phenoxy) is 1. The molecule has 82 valence electrons. The van der Waals surface area contributed by atoms with Gasteiger partial charge in [-0.2, -0.15) is 0 Å². The first-order chi connectivity index (χ1) is 7.77. The van der Waals surface area contributed by atoms with E-state index in [4.69, 9.17) is 4.74 Å². The van der Waals surface area contributed by atoms with Crippen LogP contribution in [0.2, 0.25) is 0 Å². The van der Waals surface area contributed by atoms with Crippen LogP contribution in [0.5, 0.6) is 0 Å². The SMILES string of the molecule is CC1OC=CN=C1C(=O)Nc1ccccc1. The van der Waals surface area contributed by atoms with E-state index in [0.717, 1.165) is 5.69 Å². The van der Waals surface area contributed by atoms with Crippen LogP contribution in [-0.2, 0) is 9.53 Å². The molecule has 0 fully saturated rings. The van der Waals surface area contributed by atoms with Crippen molar-refractivity contribution in [2.45, 2.75) is 13.0 Å². The molecule has 0 aliphatic carbocycles. The third-order valence-corrected chi connectivity index (χ3v) is 2.21. The second-order valence-corrected chi connectivity index (χ2v) is 3.40. The minimum absolute atomic E-state index is 0.233. The van der Waals surface area contributed by atoms with Crippen LogP contribution < -0.4 is 5.32 Å². The summed E-state index contributed by atoms with van der Waals surface area (Å²) in [5.74, 6) is -0.233. The van der Waals surface area contributed by atoms with Crippen molar-refractivity contribution in [2.24, 2.45) is 4.99 Å². The number of nitrogens with one attached hydrogen (secondary N) is 1. The lowest BCUT2D eigenvalue weighted by Gasteiger charge is -2.16. The van der Waals surface area contributed by atoms with Crippen molar-refractivity contribution in [1.82, 2.24) is 0 Å². The first-order valence-electron chi connectivity index (χ1n) is 5.02. The number of anilines is 1. The van der Waals surface area contributed by atoms with E-state index in [1.165, 1.54) is 12.5 Å². The largest absolute Gasteiger partial charge is 0.490 e. The Morgan fingerprint density at radius 1 is 1.38 bits per heavy atom. The predicted molar refractivity (Wildman–Crippen MR) is 62.2 cm³/mol. The van der Waals surface area contributed by atoms with E-state index in [1.807, 2.05) is 30.3 Å². The number of para-hydroxylation sites is 1. The van der Waals surface area contributed by atoms with Crippen molar-refractivity contribution in [3.63, 3.8) is 0 Å². The summed E-state index contributed by atoms with van der Waals surface area (Å²) >= 11 is 0. The maximum atomic E-state index is 11.8. The average Bonchev–Trinajstić information content (AvgIpc) is 2.31. The van der Waals surface area contributed by atoms with Gasteiger partial charge in [0.25, 0.3) is 5.91 Å². The molecule has 2 rings (SSSR count). The fourth-order valence-electron chi connectivity index (χ4n) is 1.39. The maximum absolute atomic E-state index is 11.8. The molecule has 16 heavy (non-hydrogen) atoms. The maximum Gasteiger partial charge on any atom is 0.273 e. The van der Waals surface area contributed by atoms with Crippen LogP contribution in [-0.4, -0.2) is 17.7 Å². The Kier molecular flexibility index (Phi) is 3.00. The summed E-state index contributed by atoms with van der Waals surface area (Å²) < 4.78 is 5.18. The van der Waals surface area contributed by atoms with Crippen molar-refractivity contribution in [2.75, 3.05) is 5.32 Å². The van der Waals surface area contributed by atoms with Gasteiger partial charge in [-0.25, -0.2) is 4.99 Å². The summed E-state index contributed by atoms with van der Waals surface area (Å²) in [5.41, 5.74) is 1.13. The lowest BCUT2D eigenvalue weighted by Crippen LogP contribution is -2.33. The van der Waals surface area contributed by atoms with Crippen LogP contribution in [0, 0.1) is 0 Å². The molecule has 1 heterocycles. The van der Waals surface area contributed by atoms with Crippen molar-refractivity contribution < 1.29 is 9.53 Å². The molecule has 1 unspecified atom stereocenters. The minimum atomic E-state index is -0.311. The highest BCUT2D eigenvalue weighted by Crippen LogP contribution is 2.08. The van der Waals surface area contributed by atoms with Crippen LogP contribution in [0.15, 0.2) is 47.8 Å². The molecule has 0 saturated heterocycles. The molecule has 0 aromatic heterocycles.